The molecule has 0 aliphatic carbocycles. The minimum atomic E-state index is -1.04. The van der Waals surface area contributed by atoms with Crippen molar-refractivity contribution in [2.45, 2.75) is 52.4 Å². The first-order valence-corrected chi connectivity index (χ1v) is 9.68. The van der Waals surface area contributed by atoms with E-state index in [-0.39, 0.29) is 28.5 Å². The van der Waals surface area contributed by atoms with E-state index in [4.69, 9.17) is 18.3 Å². The summed E-state index contributed by atoms with van der Waals surface area (Å²) < 4.78 is 20.8. The summed E-state index contributed by atoms with van der Waals surface area (Å²) in [6.07, 6.45) is 5.17. The average molecular weight is 404 g/mol. The maximum Gasteiger partial charge on any atom is 0.514 e. The number of aryl methyl sites for hydroxylation is 1. The molecule has 0 bridgehead atoms. The van der Waals surface area contributed by atoms with E-state index in [0.717, 1.165) is 31.7 Å². The number of benzene rings is 1. The molecule has 0 saturated carbocycles. The van der Waals surface area contributed by atoms with Crippen molar-refractivity contribution in [3.8, 4) is 17.2 Å². The lowest BCUT2D eigenvalue weighted by molar-refractivity contribution is 0.0962. The Labute approximate surface area is 166 Å². The summed E-state index contributed by atoms with van der Waals surface area (Å²) in [6, 6.07) is 2.64. The first-order valence-electron chi connectivity index (χ1n) is 9.68. The molecule has 0 aliphatic heterocycles. The van der Waals surface area contributed by atoms with Crippen LogP contribution >= 0.6 is 0 Å². The van der Waals surface area contributed by atoms with E-state index in [1.165, 1.54) is 12.5 Å². The fourth-order valence-electron chi connectivity index (χ4n) is 3.17. The van der Waals surface area contributed by atoms with Crippen LogP contribution in [0.25, 0.3) is 21.9 Å². The molecule has 0 unspecified atom stereocenters. The van der Waals surface area contributed by atoms with Gasteiger partial charge in [-0.25, -0.2) is 9.59 Å². The molecule has 1 aromatic carbocycles. The van der Waals surface area contributed by atoms with Crippen molar-refractivity contribution in [1.82, 2.24) is 0 Å². The Morgan fingerprint density at radius 1 is 1.07 bits per heavy atom. The van der Waals surface area contributed by atoms with Crippen LogP contribution in [0.5, 0.6) is 17.2 Å². The summed E-state index contributed by atoms with van der Waals surface area (Å²) in [5.74, 6) is -1.34. The summed E-state index contributed by atoms with van der Waals surface area (Å²) >= 11 is 0. The van der Waals surface area contributed by atoms with Crippen LogP contribution in [-0.2, 0) is 4.74 Å². The lowest BCUT2D eigenvalue weighted by Gasteiger charge is -2.08. The number of phenols is 2. The van der Waals surface area contributed by atoms with E-state index in [2.05, 4.69) is 6.92 Å². The maximum absolute atomic E-state index is 12.2. The molecule has 0 amide bonds. The van der Waals surface area contributed by atoms with Gasteiger partial charge in [0.05, 0.1) is 6.61 Å². The Hall–Kier alpha value is -3.16. The predicted molar refractivity (Wildman–Crippen MR) is 106 cm³/mol. The Kier molecular flexibility index (Phi) is 6.31. The van der Waals surface area contributed by atoms with Crippen LogP contribution in [0, 0.1) is 6.92 Å². The van der Waals surface area contributed by atoms with Crippen molar-refractivity contribution < 1.29 is 33.3 Å². The highest BCUT2D eigenvalue weighted by Crippen LogP contribution is 2.45. The molecule has 0 saturated heterocycles. The maximum atomic E-state index is 12.2. The second kappa shape index (κ2) is 8.89. The number of furan rings is 1. The monoisotopic (exact) mass is 404 g/mol. The van der Waals surface area contributed by atoms with Crippen molar-refractivity contribution in [3.63, 3.8) is 0 Å². The van der Waals surface area contributed by atoms with E-state index >= 15 is 0 Å². The molecule has 0 fully saturated rings. The van der Waals surface area contributed by atoms with Crippen LogP contribution in [0.3, 0.4) is 0 Å². The lowest BCUT2D eigenvalue weighted by atomic mass is 10.1. The predicted octanol–water partition coefficient (Wildman–Crippen LogP) is 5.13. The quantitative estimate of drug-likeness (QED) is 0.229. The van der Waals surface area contributed by atoms with E-state index in [9.17, 15) is 19.8 Å². The fourth-order valence-corrected chi connectivity index (χ4v) is 3.17. The molecule has 8 nitrogen and oxygen atoms in total. The van der Waals surface area contributed by atoms with E-state index in [1.807, 2.05) is 0 Å². The van der Waals surface area contributed by atoms with Gasteiger partial charge in [-0.15, -0.1) is 0 Å². The van der Waals surface area contributed by atoms with Gasteiger partial charge in [0.2, 0.25) is 11.5 Å². The van der Waals surface area contributed by atoms with Gasteiger partial charge >= 0.3 is 11.8 Å². The first-order chi connectivity index (χ1) is 13.9. The number of rotatable bonds is 8. The molecular weight excluding hydrogens is 380 g/mol. The molecular formula is C21H24O8. The van der Waals surface area contributed by atoms with Crippen LogP contribution in [0.15, 0.2) is 25.8 Å². The summed E-state index contributed by atoms with van der Waals surface area (Å²) in [7, 11) is 0. The Balaban J connectivity index is 1.78. The molecule has 29 heavy (non-hydrogen) atoms. The summed E-state index contributed by atoms with van der Waals surface area (Å²) in [5, 5.41) is 20.4. The van der Waals surface area contributed by atoms with Gasteiger partial charge in [-0.1, -0.05) is 39.0 Å². The molecule has 156 valence electrons. The molecule has 0 aliphatic rings. The number of phenolic OH excluding ortho intramolecular Hbond substituents is 2. The third-order valence-electron chi connectivity index (χ3n) is 4.61. The van der Waals surface area contributed by atoms with Gasteiger partial charge in [-0.2, -0.15) is 0 Å². The van der Waals surface area contributed by atoms with Crippen LogP contribution in [0.2, 0.25) is 0 Å². The summed E-state index contributed by atoms with van der Waals surface area (Å²) in [6.45, 7) is 3.90. The SMILES string of the molecule is CCCCCCCCOC(=O)Oc1c(O)c(O)cc2c1oc1cc(C)oc(=O)c12. The molecule has 0 spiro atoms. The van der Waals surface area contributed by atoms with Crippen molar-refractivity contribution in [1.29, 1.82) is 0 Å². The minimum Gasteiger partial charge on any atom is -0.504 e. The largest absolute Gasteiger partial charge is 0.514 e. The van der Waals surface area contributed by atoms with Crippen LogP contribution in [0.4, 0.5) is 4.79 Å². The van der Waals surface area contributed by atoms with Gasteiger partial charge in [0, 0.05) is 11.5 Å². The number of ether oxygens (including phenoxy) is 2. The highest BCUT2D eigenvalue weighted by molar-refractivity contribution is 6.08. The molecule has 3 aromatic rings. The van der Waals surface area contributed by atoms with Crippen LogP contribution < -0.4 is 10.4 Å². The van der Waals surface area contributed by atoms with Crippen LogP contribution in [-0.4, -0.2) is 23.0 Å². The van der Waals surface area contributed by atoms with Gasteiger partial charge in [-0.05, 0) is 19.4 Å². The Bertz CT molecular complexity index is 1080. The topological polar surface area (TPSA) is 119 Å². The molecule has 2 heterocycles. The van der Waals surface area contributed by atoms with Crippen molar-refractivity contribution >= 4 is 28.1 Å². The third kappa shape index (κ3) is 4.47. The third-order valence-corrected chi connectivity index (χ3v) is 4.61. The average Bonchev–Trinajstić information content (AvgIpc) is 3.02. The zero-order valence-corrected chi connectivity index (χ0v) is 16.4. The Morgan fingerprint density at radius 2 is 1.79 bits per heavy atom. The van der Waals surface area contributed by atoms with Crippen molar-refractivity contribution in [2.75, 3.05) is 6.61 Å². The zero-order valence-electron chi connectivity index (χ0n) is 16.4. The van der Waals surface area contributed by atoms with Gasteiger partial charge < -0.3 is 28.5 Å². The van der Waals surface area contributed by atoms with Gasteiger partial charge in [0.1, 0.15) is 16.7 Å². The smallest absolute Gasteiger partial charge is 0.504 e. The Morgan fingerprint density at radius 3 is 2.55 bits per heavy atom. The fraction of sp³-hybridized carbons (Fsp3) is 0.429. The van der Waals surface area contributed by atoms with Gasteiger partial charge in [0.25, 0.3) is 0 Å². The van der Waals surface area contributed by atoms with Gasteiger partial charge in [0.15, 0.2) is 11.3 Å². The minimum absolute atomic E-state index is 0.0651. The van der Waals surface area contributed by atoms with E-state index < -0.39 is 29.0 Å². The van der Waals surface area contributed by atoms with Crippen LogP contribution in [0.1, 0.15) is 51.2 Å². The number of hydrogen-bond donors (Lipinski definition) is 2. The molecule has 0 atom stereocenters. The summed E-state index contributed by atoms with van der Waals surface area (Å²) in [5.41, 5.74) is -0.547. The van der Waals surface area contributed by atoms with Crippen molar-refractivity contribution in [3.05, 3.63) is 28.3 Å². The lowest BCUT2D eigenvalue weighted by Crippen LogP contribution is -2.11. The normalized spacial score (nSPS) is 11.2. The number of hydrogen-bond acceptors (Lipinski definition) is 8. The second-order valence-corrected chi connectivity index (χ2v) is 6.90. The van der Waals surface area contributed by atoms with E-state index in [0.29, 0.717) is 12.2 Å². The molecule has 3 rings (SSSR count). The van der Waals surface area contributed by atoms with E-state index in [1.54, 1.807) is 6.92 Å². The highest BCUT2D eigenvalue weighted by Gasteiger charge is 2.24. The number of fused-ring (bicyclic) bond motifs is 3. The zero-order chi connectivity index (χ0) is 21.0. The molecule has 8 heteroatoms. The number of carbonyl (C=O) groups excluding carboxylic acids is 1. The number of carbonyl (C=O) groups is 1. The highest BCUT2D eigenvalue weighted by atomic mass is 16.7. The number of aromatic hydroxyl groups is 2. The first kappa shape index (κ1) is 20.6. The standard InChI is InChI=1S/C21H24O8/c1-3-4-5-6-7-8-9-26-21(25)29-19-17(23)14(22)11-13-16-15(28-18(13)19)10-12(2)27-20(16)24/h10-11,22-23H,3-9H2,1-2H3. The molecule has 2 aromatic heterocycles. The summed E-state index contributed by atoms with van der Waals surface area (Å²) in [4.78, 5) is 24.2. The number of unbranched alkanes of at least 4 members (excludes halogenated alkanes) is 5. The van der Waals surface area contributed by atoms with Crippen molar-refractivity contribution in [2.24, 2.45) is 0 Å². The molecule has 0 radical (unpaired) electrons. The second-order valence-electron chi connectivity index (χ2n) is 6.90. The van der Waals surface area contributed by atoms with Gasteiger partial charge in [-0.3, -0.25) is 0 Å². The molecule has 2 N–H and O–H groups in total.